The predicted octanol–water partition coefficient (Wildman–Crippen LogP) is 2.95. The number of aromatic nitrogens is 2. The maximum absolute atomic E-state index is 13.0. The second-order valence-corrected chi connectivity index (χ2v) is 4.10. The highest BCUT2D eigenvalue weighted by Crippen LogP contribution is 2.16. The van der Waals surface area contributed by atoms with Crippen molar-refractivity contribution in [2.24, 2.45) is 0 Å². The lowest BCUT2D eigenvalue weighted by atomic mass is 10.2. The number of carbonyl (C=O) groups is 1. The lowest BCUT2D eigenvalue weighted by Gasteiger charge is -2.05. The molecule has 0 bridgehead atoms. The fraction of sp³-hybridized carbons (Fsp3) is 0. The van der Waals surface area contributed by atoms with Gasteiger partial charge in [-0.15, -0.1) is 0 Å². The molecule has 0 saturated heterocycles. The first-order valence-corrected chi connectivity index (χ1v) is 5.72. The molecule has 1 amide bonds. The van der Waals surface area contributed by atoms with Gasteiger partial charge in [0.2, 0.25) is 0 Å². The average molecular weight is 255 g/mol. The minimum atomic E-state index is -0.438. The monoisotopic (exact) mass is 255 g/mol. The number of hydrogen-bond donors (Lipinski definition) is 2. The van der Waals surface area contributed by atoms with E-state index in [-0.39, 0.29) is 11.5 Å². The van der Waals surface area contributed by atoms with Crippen LogP contribution in [0.3, 0.4) is 0 Å². The summed E-state index contributed by atoms with van der Waals surface area (Å²) >= 11 is 0. The van der Waals surface area contributed by atoms with E-state index in [1.54, 1.807) is 24.5 Å². The molecule has 0 aliphatic heterocycles. The van der Waals surface area contributed by atoms with Crippen LogP contribution in [0.2, 0.25) is 0 Å². The van der Waals surface area contributed by atoms with Crippen LogP contribution in [-0.4, -0.2) is 15.9 Å². The van der Waals surface area contributed by atoms with Gasteiger partial charge in [-0.25, -0.2) is 9.37 Å². The van der Waals surface area contributed by atoms with Crippen molar-refractivity contribution in [3.63, 3.8) is 0 Å². The summed E-state index contributed by atoms with van der Waals surface area (Å²) in [5.41, 5.74) is 1.60. The molecular weight excluding hydrogens is 245 g/mol. The Kier molecular flexibility index (Phi) is 2.72. The molecule has 2 N–H and O–H groups in total. The van der Waals surface area contributed by atoms with Crippen LogP contribution in [0.4, 0.5) is 10.1 Å². The van der Waals surface area contributed by atoms with Gasteiger partial charge in [-0.2, -0.15) is 0 Å². The number of fused-ring (bicyclic) bond motifs is 1. The van der Waals surface area contributed by atoms with Crippen molar-refractivity contribution in [2.45, 2.75) is 0 Å². The van der Waals surface area contributed by atoms with E-state index in [0.29, 0.717) is 5.69 Å². The number of aromatic amines is 1. The van der Waals surface area contributed by atoms with Crippen molar-refractivity contribution in [1.82, 2.24) is 9.97 Å². The van der Waals surface area contributed by atoms with Gasteiger partial charge >= 0.3 is 0 Å². The Hall–Kier alpha value is -2.69. The Morgan fingerprint density at radius 2 is 2.16 bits per heavy atom. The lowest BCUT2D eigenvalue weighted by molar-refractivity contribution is 0.102. The molecule has 2 heterocycles. The van der Waals surface area contributed by atoms with Crippen LogP contribution in [0, 0.1) is 5.82 Å². The van der Waals surface area contributed by atoms with Crippen molar-refractivity contribution in [3.8, 4) is 0 Å². The third-order valence-corrected chi connectivity index (χ3v) is 2.74. The first-order chi connectivity index (χ1) is 9.22. The van der Waals surface area contributed by atoms with Crippen LogP contribution in [0.15, 0.2) is 48.8 Å². The second-order valence-electron chi connectivity index (χ2n) is 4.10. The maximum atomic E-state index is 13.0. The Labute approximate surface area is 108 Å². The summed E-state index contributed by atoms with van der Waals surface area (Å²) in [6.45, 7) is 0. The Bertz CT molecular complexity index is 751. The SMILES string of the molecule is O=C(Nc1cnc2[nH]ccc2c1)c1cccc(F)c1. The van der Waals surface area contributed by atoms with Crippen molar-refractivity contribution >= 4 is 22.6 Å². The van der Waals surface area contributed by atoms with Crippen molar-refractivity contribution in [3.05, 3.63) is 60.2 Å². The topological polar surface area (TPSA) is 57.8 Å². The number of halogens is 1. The van der Waals surface area contributed by atoms with Gasteiger partial charge in [-0.1, -0.05) is 6.07 Å². The van der Waals surface area contributed by atoms with Crippen LogP contribution in [0.5, 0.6) is 0 Å². The molecule has 3 aromatic rings. The van der Waals surface area contributed by atoms with Crippen molar-refractivity contribution in [1.29, 1.82) is 0 Å². The molecule has 0 aliphatic carbocycles. The van der Waals surface area contributed by atoms with Crippen LogP contribution in [-0.2, 0) is 0 Å². The first-order valence-electron chi connectivity index (χ1n) is 5.72. The molecular formula is C14H10FN3O. The molecule has 2 aromatic heterocycles. The van der Waals surface area contributed by atoms with E-state index in [1.165, 1.54) is 18.2 Å². The third-order valence-electron chi connectivity index (χ3n) is 2.74. The number of benzene rings is 1. The lowest BCUT2D eigenvalue weighted by Crippen LogP contribution is -2.12. The number of nitrogens with one attached hydrogen (secondary N) is 2. The molecule has 0 saturated carbocycles. The Morgan fingerprint density at radius 1 is 1.26 bits per heavy atom. The summed E-state index contributed by atoms with van der Waals surface area (Å²) in [4.78, 5) is 19.1. The number of pyridine rings is 1. The summed E-state index contributed by atoms with van der Waals surface area (Å²) in [5, 5.41) is 3.59. The molecule has 0 atom stereocenters. The van der Waals surface area contributed by atoms with Gasteiger partial charge in [0.15, 0.2) is 0 Å². The summed E-state index contributed by atoms with van der Waals surface area (Å²) in [6, 6.07) is 9.20. The number of anilines is 1. The number of nitrogens with zero attached hydrogens (tertiary/aromatic N) is 1. The van der Waals surface area contributed by atoms with Gasteiger partial charge < -0.3 is 10.3 Å². The van der Waals surface area contributed by atoms with Gasteiger partial charge in [-0.05, 0) is 30.3 Å². The summed E-state index contributed by atoms with van der Waals surface area (Å²) in [7, 11) is 0. The summed E-state index contributed by atoms with van der Waals surface area (Å²) in [6.07, 6.45) is 3.33. The van der Waals surface area contributed by atoms with Gasteiger partial charge in [-0.3, -0.25) is 4.79 Å². The van der Waals surface area contributed by atoms with E-state index in [1.807, 2.05) is 6.07 Å². The number of amides is 1. The smallest absolute Gasteiger partial charge is 0.255 e. The minimum absolute atomic E-state index is 0.272. The highest BCUT2D eigenvalue weighted by Gasteiger charge is 2.07. The molecule has 0 unspecified atom stereocenters. The molecule has 94 valence electrons. The Morgan fingerprint density at radius 3 is 3.00 bits per heavy atom. The van der Waals surface area contributed by atoms with E-state index in [0.717, 1.165) is 11.0 Å². The molecule has 0 aliphatic rings. The second kappa shape index (κ2) is 4.53. The zero-order valence-corrected chi connectivity index (χ0v) is 9.85. The zero-order chi connectivity index (χ0) is 13.2. The normalized spacial score (nSPS) is 10.6. The van der Waals surface area contributed by atoms with Gasteiger partial charge in [0.05, 0.1) is 11.9 Å². The highest BCUT2D eigenvalue weighted by molar-refractivity contribution is 6.04. The molecule has 3 rings (SSSR count). The van der Waals surface area contributed by atoms with Crippen LogP contribution < -0.4 is 5.32 Å². The number of carbonyl (C=O) groups excluding carboxylic acids is 1. The Balaban J connectivity index is 1.86. The molecule has 4 nitrogen and oxygen atoms in total. The van der Waals surface area contributed by atoms with Gasteiger partial charge in [0, 0.05) is 17.1 Å². The highest BCUT2D eigenvalue weighted by atomic mass is 19.1. The van der Waals surface area contributed by atoms with Gasteiger partial charge in [0.25, 0.3) is 5.91 Å². The average Bonchev–Trinajstić information content (AvgIpc) is 2.86. The summed E-state index contributed by atoms with van der Waals surface area (Å²) in [5.74, 6) is -0.803. The summed E-state index contributed by atoms with van der Waals surface area (Å²) < 4.78 is 13.0. The van der Waals surface area contributed by atoms with Crippen LogP contribution in [0.1, 0.15) is 10.4 Å². The molecule has 0 radical (unpaired) electrons. The fourth-order valence-corrected chi connectivity index (χ4v) is 1.84. The minimum Gasteiger partial charge on any atom is -0.346 e. The van der Waals surface area contributed by atoms with E-state index in [9.17, 15) is 9.18 Å². The van der Waals surface area contributed by atoms with Crippen molar-refractivity contribution < 1.29 is 9.18 Å². The fourth-order valence-electron chi connectivity index (χ4n) is 1.84. The molecule has 5 heteroatoms. The third kappa shape index (κ3) is 2.30. The standard InChI is InChI=1S/C14H10FN3O/c15-11-3-1-2-10(6-11)14(19)18-12-7-9-4-5-16-13(9)17-8-12/h1-8H,(H,16,17)(H,18,19). The zero-order valence-electron chi connectivity index (χ0n) is 9.85. The van der Waals surface area contributed by atoms with Crippen molar-refractivity contribution in [2.75, 3.05) is 5.32 Å². The number of rotatable bonds is 2. The van der Waals surface area contributed by atoms with Crippen LogP contribution in [0.25, 0.3) is 11.0 Å². The maximum Gasteiger partial charge on any atom is 0.255 e. The molecule has 1 aromatic carbocycles. The van der Waals surface area contributed by atoms with Crippen LogP contribution >= 0.6 is 0 Å². The van der Waals surface area contributed by atoms with E-state index in [4.69, 9.17) is 0 Å². The van der Waals surface area contributed by atoms with E-state index in [2.05, 4.69) is 15.3 Å². The number of H-pyrrole nitrogens is 1. The number of hydrogen-bond acceptors (Lipinski definition) is 2. The van der Waals surface area contributed by atoms with E-state index < -0.39 is 5.82 Å². The van der Waals surface area contributed by atoms with E-state index >= 15 is 0 Å². The van der Waals surface area contributed by atoms with Gasteiger partial charge in [0.1, 0.15) is 11.5 Å². The molecule has 0 fully saturated rings. The largest absolute Gasteiger partial charge is 0.346 e. The quantitative estimate of drug-likeness (QED) is 0.739. The first kappa shape index (κ1) is 11.4. The molecule has 19 heavy (non-hydrogen) atoms. The predicted molar refractivity (Wildman–Crippen MR) is 70.4 cm³/mol. The molecule has 0 spiro atoms.